The highest BCUT2D eigenvalue weighted by atomic mass is 35.5. The van der Waals surface area contributed by atoms with E-state index in [1.54, 1.807) is 41.0 Å². The number of piperidine rings is 1. The van der Waals surface area contributed by atoms with Gasteiger partial charge in [0, 0.05) is 38.7 Å². The van der Waals surface area contributed by atoms with E-state index in [-0.39, 0.29) is 24.8 Å². The molecular formula is C23H31Cl2N3O3. The van der Waals surface area contributed by atoms with E-state index in [0.717, 1.165) is 31.5 Å². The molecule has 1 aromatic rings. The molecule has 2 heterocycles. The number of amides is 2. The third-order valence-electron chi connectivity index (χ3n) is 5.81. The minimum absolute atomic E-state index is 0.0253. The molecule has 31 heavy (non-hydrogen) atoms. The van der Waals surface area contributed by atoms with Gasteiger partial charge in [-0.3, -0.25) is 9.59 Å². The Kier molecular flexibility index (Phi) is 8.39. The largest absolute Gasteiger partial charge is 0.387 e. The highest BCUT2D eigenvalue weighted by Crippen LogP contribution is 2.23. The Morgan fingerprint density at radius 3 is 2.52 bits per heavy atom. The van der Waals surface area contributed by atoms with Crippen molar-refractivity contribution < 1.29 is 14.7 Å². The Hall–Kier alpha value is -1.60. The predicted molar refractivity (Wildman–Crippen MR) is 124 cm³/mol. The fourth-order valence-electron chi connectivity index (χ4n) is 4.20. The molecule has 1 N–H and O–H groups in total. The molecule has 0 saturated carbocycles. The van der Waals surface area contributed by atoms with Crippen LogP contribution in [-0.4, -0.2) is 83.0 Å². The van der Waals surface area contributed by atoms with E-state index in [4.69, 9.17) is 23.2 Å². The molecule has 2 aliphatic rings. The van der Waals surface area contributed by atoms with Gasteiger partial charge in [-0.25, -0.2) is 0 Å². The normalized spacial score (nSPS) is 20.7. The zero-order chi connectivity index (χ0) is 22.4. The number of benzene rings is 1. The molecular weight excluding hydrogens is 437 g/mol. The van der Waals surface area contributed by atoms with Crippen molar-refractivity contribution in [3.63, 3.8) is 0 Å². The van der Waals surface area contributed by atoms with Gasteiger partial charge in [-0.05, 0) is 56.6 Å². The lowest BCUT2D eigenvalue weighted by molar-refractivity contribution is -0.134. The zero-order valence-electron chi connectivity index (χ0n) is 18.0. The van der Waals surface area contributed by atoms with Crippen LogP contribution in [-0.2, 0) is 9.59 Å². The van der Waals surface area contributed by atoms with Crippen molar-refractivity contribution in [1.82, 2.24) is 14.7 Å². The molecule has 2 amide bonds. The first-order chi connectivity index (χ1) is 14.7. The summed E-state index contributed by atoms with van der Waals surface area (Å²) in [5, 5.41) is 11.8. The lowest BCUT2D eigenvalue weighted by Crippen LogP contribution is -2.51. The fourth-order valence-corrected chi connectivity index (χ4v) is 4.51. The molecule has 1 atom stereocenters. The van der Waals surface area contributed by atoms with Gasteiger partial charge in [-0.15, -0.1) is 0 Å². The minimum atomic E-state index is -0.972. The Morgan fingerprint density at radius 1 is 1.06 bits per heavy atom. The molecule has 8 heteroatoms. The maximum Gasteiger partial charge on any atom is 0.246 e. The first-order valence-electron chi connectivity index (χ1n) is 10.9. The summed E-state index contributed by atoms with van der Waals surface area (Å²) in [7, 11) is 0. The molecule has 2 saturated heterocycles. The Morgan fingerprint density at radius 2 is 1.81 bits per heavy atom. The summed E-state index contributed by atoms with van der Waals surface area (Å²) in [4.78, 5) is 30.9. The topological polar surface area (TPSA) is 64.1 Å². The average Bonchev–Trinajstić information content (AvgIpc) is 2.90. The lowest BCUT2D eigenvalue weighted by atomic mass is 10.0. The second-order valence-electron chi connectivity index (χ2n) is 8.73. The van der Waals surface area contributed by atoms with Crippen LogP contribution in [0.15, 0.2) is 24.3 Å². The van der Waals surface area contributed by atoms with Crippen LogP contribution >= 0.6 is 23.2 Å². The maximum atomic E-state index is 12.6. The van der Waals surface area contributed by atoms with E-state index in [0.29, 0.717) is 36.2 Å². The zero-order valence-corrected chi connectivity index (χ0v) is 19.5. The summed E-state index contributed by atoms with van der Waals surface area (Å²) in [6, 6.07) is 5.17. The Bertz CT molecular complexity index is 822. The Balaban J connectivity index is 1.55. The van der Waals surface area contributed by atoms with E-state index < -0.39 is 5.60 Å². The van der Waals surface area contributed by atoms with Crippen LogP contribution in [0.2, 0.25) is 10.0 Å². The van der Waals surface area contributed by atoms with Crippen molar-refractivity contribution in [2.45, 2.75) is 38.2 Å². The number of halogens is 2. The molecule has 3 rings (SSSR count). The molecule has 1 unspecified atom stereocenters. The molecule has 0 radical (unpaired) electrons. The molecule has 170 valence electrons. The van der Waals surface area contributed by atoms with E-state index >= 15 is 0 Å². The van der Waals surface area contributed by atoms with Gasteiger partial charge >= 0.3 is 0 Å². The van der Waals surface area contributed by atoms with Crippen LogP contribution in [0.5, 0.6) is 0 Å². The highest BCUT2D eigenvalue weighted by Gasteiger charge is 2.31. The van der Waals surface area contributed by atoms with Crippen molar-refractivity contribution >= 4 is 41.1 Å². The third kappa shape index (κ3) is 7.21. The van der Waals surface area contributed by atoms with E-state index in [9.17, 15) is 14.7 Å². The van der Waals surface area contributed by atoms with Gasteiger partial charge in [0.05, 0.1) is 22.2 Å². The van der Waals surface area contributed by atoms with Gasteiger partial charge in [0.25, 0.3) is 0 Å². The van der Waals surface area contributed by atoms with Gasteiger partial charge < -0.3 is 19.8 Å². The van der Waals surface area contributed by atoms with Crippen molar-refractivity contribution in [3.05, 3.63) is 39.9 Å². The standard InChI is InChI=1S/C23H31Cl2N3O3/c1-23(31,16-26-10-3-2-4-11-26)17-28-14-13-27(12-9-22(28)30)21(29)8-6-18-5-7-19(24)20(25)15-18/h5-8,15,31H,2-4,9-14,16-17H2,1H3/b8-6+. The minimum Gasteiger partial charge on any atom is -0.387 e. The summed E-state index contributed by atoms with van der Waals surface area (Å²) in [5.41, 5.74) is -0.191. The quantitative estimate of drug-likeness (QED) is 0.651. The van der Waals surface area contributed by atoms with Crippen molar-refractivity contribution in [2.24, 2.45) is 0 Å². The Labute approximate surface area is 194 Å². The molecule has 0 spiro atoms. The number of aliphatic hydroxyl groups is 1. The van der Waals surface area contributed by atoms with Crippen LogP contribution in [0.25, 0.3) is 6.08 Å². The second-order valence-corrected chi connectivity index (χ2v) is 9.55. The number of hydrogen-bond acceptors (Lipinski definition) is 4. The van der Waals surface area contributed by atoms with E-state index in [1.807, 2.05) is 0 Å². The van der Waals surface area contributed by atoms with Crippen LogP contribution in [0, 0.1) is 0 Å². The van der Waals surface area contributed by atoms with Gasteiger partial charge in [-0.2, -0.15) is 0 Å². The number of nitrogens with zero attached hydrogens (tertiary/aromatic N) is 3. The van der Waals surface area contributed by atoms with Crippen LogP contribution in [0.1, 0.15) is 38.2 Å². The van der Waals surface area contributed by atoms with Gasteiger partial charge in [0.1, 0.15) is 0 Å². The number of carbonyl (C=O) groups excluding carboxylic acids is 2. The summed E-state index contributed by atoms with van der Waals surface area (Å²) >= 11 is 11.9. The molecule has 6 nitrogen and oxygen atoms in total. The van der Waals surface area contributed by atoms with Crippen LogP contribution < -0.4 is 0 Å². The molecule has 2 aliphatic heterocycles. The maximum absolute atomic E-state index is 12.6. The van der Waals surface area contributed by atoms with Gasteiger partial charge in [-0.1, -0.05) is 35.7 Å². The fraction of sp³-hybridized carbons (Fsp3) is 0.565. The summed E-state index contributed by atoms with van der Waals surface area (Å²) in [5.74, 6) is -0.177. The van der Waals surface area contributed by atoms with Crippen molar-refractivity contribution in [2.75, 3.05) is 45.8 Å². The highest BCUT2D eigenvalue weighted by molar-refractivity contribution is 6.42. The van der Waals surface area contributed by atoms with E-state index in [1.165, 1.54) is 12.5 Å². The number of hydrogen-bond donors (Lipinski definition) is 1. The van der Waals surface area contributed by atoms with Crippen LogP contribution in [0.4, 0.5) is 0 Å². The molecule has 0 aromatic heterocycles. The molecule has 0 aliphatic carbocycles. The van der Waals surface area contributed by atoms with Gasteiger partial charge in [0.2, 0.25) is 11.8 Å². The third-order valence-corrected chi connectivity index (χ3v) is 6.55. The first-order valence-corrected chi connectivity index (χ1v) is 11.6. The lowest BCUT2D eigenvalue weighted by Gasteiger charge is -2.36. The average molecular weight is 468 g/mol. The number of likely N-dealkylation sites (tertiary alicyclic amines) is 1. The molecule has 0 bridgehead atoms. The van der Waals surface area contributed by atoms with Crippen molar-refractivity contribution in [3.8, 4) is 0 Å². The monoisotopic (exact) mass is 467 g/mol. The second kappa shape index (κ2) is 10.8. The molecule has 2 fully saturated rings. The van der Waals surface area contributed by atoms with Gasteiger partial charge in [0.15, 0.2) is 0 Å². The summed E-state index contributed by atoms with van der Waals surface area (Å²) < 4.78 is 0. The smallest absolute Gasteiger partial charge is 0.246 e. The SMILES string of the molecule is CC(O)(CN1CCCCC1)CN1CCN(C(=O)/C=C/c2ccc(Cl)c(Cl)c2)CCC1=O. The van der Waals surface area contributed by atoms with Crippen molar-refractivity contribution in [1.29, 1.82) is 0 Å². The molecule has 1 aromatic carbocycles. The number of carbonyl (C=O) groups is 2. The number of rotatable bonds is 6. The number of β-amino-alcohol motifs (C(OH)–C–C–N with tert-alkyl or cyclic N) is 1. The summed E-state index contributed by atoms with van der Waals surface area (Å²) in [6.07, 6.45) is 7.00. The predicted octanol–water partition coefficient (Wildman–Crippen LogP) is 3.30. The van der Waals surface area contributed by atoms with Crippen LogP contribution in [0.3, 0.4) is 0 Å². The first kappa shape index (κ1) is 24.1. The summed E-state index contributed by atoms with van der Waals surface area (Å²) in [6.45, 7) is 5.86. The van der Waals surface area contributed by atoms with E-state index in [2.05, 4.69) is 4.90 Å².